The number of hydrogen-bond acceptors (Lipinski definition) is 4. The van der Waals surface area contributed by atoms with Gasteiger partial charge in [-0.25, -0.2) is 0 Å². The molecule has 1 aliphatic carbocycles. The van der Waals surface area contributed by atoms with E-state index in [9.17, 15) is 13.2 Å². The van der Waals surface area contributed by atoms with E-state index in [1.807, 2.05) is 13.8 Å². The second-order valence-electron chi connectivity index (χ2n) is 5.39. The van der Waals surface area contributed by atoms with Gasteiger partial charge in [0, 0.05) is 6.04 Å². The summed E-state index contributed by atoms with van der Waals surface area (Å²) in [5.74, 6) is 0.0876. The maximum Gasteiger partial charge on any atom is 0.267 e. The molecule has 106 valence electrons. The molecule has 0 radical (unpaired) electrons. The third-order valence-electron chi connectivity index (χ3n) is 3.21. The highest BCUT2D eigenvalue weighted by molar-refractivity contribution is 7.86. The van der Waals surface area contributed by atoms with E-state index < -0.39 is 21.4 Å². The molecule has 0 bridgehead atoms. The third kappa shape index (κ3) is 4.55. The van der Waals surface area contributed by atoms with Gasteiger partial charge in [-0.2, -0.15) is 8.42 Å². The van der Waals surface area contributed by atoms with E-state index in [4.69, 9.17) is 10.3 Å². The lowest BCUT2D eigenvalue weighted by molar-refractivity contribution is -0.123. The normalized spacial score (nSPS) is 26.3. The molecular weight excluding hydrogens is 256 g/mol. The van der Waals surface area contributed by atoms with Crippen LogP contribution in [0.3, 0.4) is 0 Å². The number of nitrogens with two attached hydrogens (primary N) is 1. The fourth-order valence-corrected chi connectivity index (χ4v) is 3.17. The monoisotopic (exact) mass is 278 g/mol. The van der Waals surface area contributed by atoms with Gasteiger partial charge in [-0.15, -0.1) is 0 Å². The molecule has 6 nitrogen and oxygen atoms in total. The van der Waals surface area contributed by atoms with Crippen LogP contribution in [-0.4, -0.2) is 36.2 Å². The van der Waals surface area contributed by atoms with E-state index in [1.54, 1.807) is 0 Å². The van der Waals surface area contributed by atoms with Crippen LogP contribution in [-0.2, 0) is 14.9 Å². The van der Waals surface area contributed by atoms with Gasteiger partial charge in [0.2, 0.25) is 5.91 Å². The van der Waals surface area contributed by atoms with Gasteiger partial charge < -0.3 is 11.1 Å². The van der Waals surface area contributed by atoms with E-state index >= 15 is 0 Å². The zero-order chi connectivity index (χ0) is 13.9. The highest BCUT2D eigenvalue weighted by atomic mass is 32.2. The van der Waals surface area contributed by atoms with Crippen molar-refractivity contribution in [2.24, 2.45) is 11.7 Å². The first kappa shape index (κ1) is 15.4. The Morgan fingerprint density at radius 1 is 1.44 bits per heavy atom. The summed E-state index contributed by atoms with van der Waals surface area (Å²) in [6, 6.07) is -0.766. The van der Waals surface area contributed by atoms with Gasteiger partial charge in [-0.3, -0.25) is 9.35 Å². The first-order valence-corrected chi connectivity index (χ1v) is 7.72. The number of nitrogens with one attached hydrogen (secondary N) is 1. The molecule has 2 unspecified atom stereocenters. The van der Waals surface area contributed by atoms with Crippen LogP contribution < -0.4 is 11.1 Å². The molecule has 7 heteroatoms. The van der Waals surface area contributed by atoms with Crippen LogP contribution in [0.2, 0.25) is 0 Å². The van der Waals surface area contributed by atoms with Gasteiger partial charge in [0.25, 0.3) is 10.1 Å². The van der Waals surface area contributed by atoms with Crippen molar-refractivity contribution in [2.75, 3.05) is 0 Å². The van der Waals surface area contributed by atoms with Crippen LogP contribution in [0, 0.1) is 5.92 Å². The quantitative estimate of drug-likeness (QED) is 0.626. The highest BCUT2D eigenvalue weighted by Crippen LogP contribution is 2.24. The largest absolute Gasteiger partial charge is 0.352 e. The van der Waals surface area contributed by atoms with E-state index in [0.29, 0.717) is 25.2 Å². The molecule has 4 N–H and O–H groups in total. The van der Waals surface area contributed by atoms with Crippen molar-refractivity contribution >= 4 is 16.0 Å². The molecule has 1 amide bonds. The summed E-state index contributed by atoms with van der Waals surface area (Å²) in [5.41, 5.74) is 5.74. The Balaban J connectivity index is 2.43. The second-order valence-corrected chi connectivity index (χ2v) is 7.09. The minimum atomic E-state index is -3.99. The van der Waals surface area contributed by atoms with Crippen LogP contribution in [0.15, 0.2) is 0 Å². The standard InChI is InChI=1S/C11H22N2O4S/c1-7(2)5-10(12)11(14)13-8-3-4-9(6-8)18(15,16)17/h7-10H,3-6,12H2,1-2H3,(H,13,14)(H,15,16,17)/t8?,9?,10-/m0/s1. The molecule has 0 aliphatic heterocycles. The molecule has 0 aromatic rings. The fraction of sp³-hybridized carbons (Fsp3) is 0.909. The summed E-state index contributed by atoms with van der Waals surface area (Å²) in [5, 5.41) is 1.99. The van der Waals surface area contributed by atoms with Crippen molar-refractivity contribution in [1.29, 1.82) is 0 Å². The lowest BCUT2D eigenvalue weighted by Crippen LogP contribution is -2.45. The molecule has 1 fully saturated rings. The van der Waals surface area contributed by atoms with Crippen molar-refractivity contribution in [2.45, 2.75) is 56.9 Å². The average molecular weight is 278 g/mol. The van der Waals surface area contributed by atoms with Gasteiger partial charge in [0.1, 0.15) is 0 Å². The van der Waals surface area contributed by atoms with Crippen LogP contribution >= 0.6 is 0 Å². The average Bonchev–Trinajstić information content (AvgIpc) is 2.64. The zero-order valence-corrected chi connectivity index (χ0v) is 11.6. The van der Waals surface area contributed by atoms with Crippen LogP contribution in [0.1, 0.15) is 39.5 Å². The lowest BCUT2D eigenvalue weighted by Gasteiger charge is -2.18. The van der Waals surface area contributed by atoms with Crippen molar-refractivity contribution < 1.29 is 17.8 Å². The number of carbonyl (C=O) groups excluding carboxylic acids is 1. The molecule has 3 atom stereocenters. The minimum Gasteiger partial charge on any atom is -0.352 e. The summed E-state index contributed by atoms with van der Waals surface area (Å²) in [7, 11) is -3.99. The predicted octanol–water partition coefficient (Wildman–Crippen LogP) is 0.285. The minimum absolute atomic E-state index is 0.206. The van der Waals surface area contributed by atoms with Crippen LogP contribution in [0.4, 0.5) is 0 Å². The Morgan fingerprint density at radius 3 is 2.50 bits per heavy atom. The maximum atomic E-state index is 11.7. The smallest absolute Gasteiger partial charge is 0.267 e. The highest BCUT2D eigenvalue weighted by Gasteiger charge is 2.34. The van der Waals surface area contributed by atoms with E-state index in [-0.39, 0.29) is 18.4 Å². The molecule has 1 rings (SSSR count). The molecule has 0 spiro atoms. The lowest BCUT2D eigenvalue weighted by atomic mass is 10.0. The molecule has 18 heavy (non-hydrogen) atoms. The number of rotatable bonds is 5. The van der Waals surface area contributed by atoms with E-state index in [2.05, 4.69) is 5.32 Å². The van der Waals surface area contributed by atoms with Crippen LogP contribution in [0.25, 0.3) is 0 Å². The summed E-state index contributed by atoms with van der Waals surface area (Å²) in [6.45, 7) is 3.97. The number of carbonyl (C=O) groups is 1. The third-order valence-corrected chi connectivity index (χ3v) is 4.48. The molecule has 1 aliphatic rings. The van der Waals surface area contributed by atoms with Gasteiger partial charge in [0.05, 0.1) is 11.3 Å². The molecule has 0 saturated heterocycles. The summed E-state index contributed by atoms with van der Waals surface area (Å²) < 4.78 is 30.9. The van der Waals surface area contributed by atoms with Crippen LogP contribution in [0.5, 0.6) is 0 Å². The van der Waals surface area contributed by atoms with Crippen molar-refractivity contribution in [1.82, 2.24) is 5.32 Å². The number of amides is 1. The summed E-state index contributed by atoms with van der Waals surface area (Å²) in [4.78, 5) is 11.7. The summed E-state index contributed by atoms with van der Waals surface area (Å²) >= 11 is 0. The van der Waals surface area contributed by atoms with Crippen molar-refractivity contribution in [3.8, 4) is 0 Å². The first-order valence-electron chi connectivity index (χ1n) is 6.22. The Labute approximate surface area is 108 Å². The Kier molecular flexibility index (Phi) is 5.12. The second kappa shape index (κ2) is 5.99. The Bertz CT molecular complexity index is 394. The number of hydrogen-bond donors (Lipinski definition) is 3. The SMILES string of the molecule is CC(C)C[C@H](N)C(=O)NC1CCC(S(=O)(=O)O)C1. The van der Waals surface area contributed by atoms with Gasteiger partial charge >= 0.3 is 0 Å². The summed E-state index contributed by atoms with van der Waals surface area (Å²) in [6.07, 6.45) is 1.80. The predicted molar refractivity (Wildman–Crippen MR) is 68.5 cm³/mol. The Hall–Kier alpha value is -0.660. The molecule has 1 saturated carbocycles. The van der Waals surface area contributed by atoms with E-state index in [1.165, 1.54) is 0 Å². The zero-order valence-electron chi connectivity index (χ0n) is 10.8. The maximum absolute atomic E-state index is 11.7. The van der Waals surface area contributed by atoms with E-state index in [0.717, 1.165) is 0 Å². The molecule has 0 aromatic carbocycles. The molecule has 0 aromatic heterocycles. The van der Waals surface area contributed by atoms with Gasteiger partial charge in [-0.1, -0.05) is 13.8 Å². The molecule has 0 heterocycles. The Morgan fingerprint density at radius 2 is 2.06 bits per heavy atom. The van der Waals surface area contributed by atoms with Gasteiger partial charge in [-0.05, 0) is 31.6 Å². The topological polar surface area (TPSA) is 109 Å². The van der Waals surface area contributed by atoms with Crippen molar-refractivity contribution in [3.05, 3.63) is 0 Å². The van der Waals surface area contributed by atoms with Gasteiger partial charge in [0.15, 0.2) is 0 Å². The fourth-order valence-electron chi connectivity index (χ4n) is 2.26. The molecular formula is C11H22N2O4S. The van der Waals surface area contributed by atoms with Crippen molar-refractivity contribution in [3.63, 3.8) is 0 Å². The first-order chi connectivity index (χ1) is 8.20.